The highest BCUT2D eigenvalue weighted by Gasteiger charge is 2.15. The van der Waals surface area contributed by atoms with Gasteiger partial charge >= 0.3 is 0 Å². The lowest BCUT2D eigenvalue weighted by atomic mass is 10.2. The third-order valence-corrected chi connectivity index (χ3v) is 5.93. The number of nitrogens with one attached hydrogen (secondary N) is 1. The summed E-state index contributed by atoms with van der Waals surface area (Å²) in [6.07, 6.45) is 1.69. The monoisotopic (exact) mass is 514 g/mol. The normalized spacial score (nSPS) is 10.8. The van der Waals surface area contributed by atoms with E-state index >= 15 is 0 Å². The van der Waals surface area contributed by atoms with E-state index in [1.165, 1.54) is 0 Å². The number of aryl methyl sites for hydroxylation is 1. The predicted molar refractivity (Wildman–Crippen MR) is 134 cm³/mol. The smallest absolute Gasteiger partial charge is 0.272 e. The van der Waals surface area contributed by atoms with E-state index in [9.17, 15) is 4.79 Å². The second-order valence-electron chi connectivity index (χ2n) is 7.61. The first kappa shape index (κ1) is 24.1. The minimum Gasteiger partial charge on any atom is -0.488 e. The Morgan fingerprint density at radius 2 is 1.79 bits per heavy atom. The summed E-state index contributed by atoms with van der Waals surface area (Å²) in [5, 5.41) is 9.00. The molecule has 0 aliphatic carbocycles. The van der Waals surface area contributed by atoms with Gasteiger partial charge in [0, 0.05) is 38.1 Å². The molecule has 174 valence electrons. The van der Waals surface area contributed by atoms with E-state index in [4.69, 9.17) is 39.5 Å². The van der Waals surface area contributed by atoms with E-state index < -0.39 is 0 Å². The van der Waals surface area contributed by atoms with Crippen molar-refractivity contribution < 1.29 is 9.53 Å². The Morgan fingerprint density at radius 3 is 2.56 bits per heavy atom. The molecular formula is C25H21Cl3N4O2. The molecule has 0 aliphatic heterocycles. The van der Waals surface area contributed by atoms with Gasteiger partial charge in [-0.25, -0.2) is 0 Å². The minimum absolute atomic E-state index is 0.268. The lowest BCUT2D eigenvalue weighted by molar-refractivity contribution is 0.0944. The van der Waals surface area contributed by atoms with E-state index in [1.807, 2.05) is 37.3 Å². The molecule has 2 aromatic heterocycles. The second-order valence-corrected chi connectivity index (χ2v) is 8.89. The summed E-state index contributed by atoms with van der Waals surface area (Å²) >= 11 is 18.5. The molecule has 9 heteroatoms. The molecule has 0 fully saturated rings. The van der Waals surface area contributed by atoms with Crippen molar-refractivity contribution in [3.63, 3.8) is 0 Å². The number of amides is 1. The molecule has 0 saturated heterocycles. The topological polar surface area (TPSA) is 69.0 Å². The van der Waals surface area contributed by atoms with Crippen molar-refractivity contribution in [1.29, 1.82) is 0 Å². The highest BCUT2D eigenvalue weighted by Crippen LogP contribution is 2.27. The van der Waals surface area contributed by atoms with E-state index in [0.717, 1.165) is 22.5 Å². The van der Waals surface area contributed by atoms with Crippen LogP contribution >= 0.6 is 34.8 Å². The van der Waals surface area contributed by atoms with Crippen molar-refractivity contribution in [2.45, 2.75) is 26.6 Å². The number of halogens is 3. The van der Waals surface area contributed by atoms with Crippen molar-refractivity contribution in [1.82, 2.24) is 20.1 Å². The molecule has 0 aliphatic rings. The lowest BCUT2D eigenvalue weighted by Gasteiger charge is -2.14. The Balaban J connectivity index is 1.47. The zero-order valence-electron chi connectivity index (χ0n) is 18.3. The largest absolute Gasteiger partial charge is 0.488 e. The molecule has 0 bridgehead atoms. The molecule has 0 radical (unpaired) electrons. The average Bonchev–Trinajstić information content (AvgIpc) is 3.19. The highest BCUT2D eigenvalue weighted by molar-refractivity contribution is 6.35. The molecule has 34 heavy (non-hydrogen) atoms. The van der Waals surface area contributed by atoms with Crippen LogP contribution in [0.3, 0.4) is 0 Å². The van der Waals surface area contributed by atoms with E-state index in [2.05, 4.69) is 15.4 Å². The summed E-state index contributed by atoms with van der Waals surface area (Å²) in [7, 11) is 0. The number of carbonyl (C=O) groups is 1. The molecule has 4 rings (SSSR count). The van der Waals surface area contributed by atoms with Crippen LogP contribution in [0.1, 0.15) is 33.0 Å². The van der Waals surface area contributed by atoms with Crippen LogP contribution in [-0.2, 0) is 19.7 Å². The third-order valence-electron chi connectivity index (χ3n) is 5.11. The van der Waals surface area contributed by atoms with Gasteiger partial charge in [0.2, 0.25) is 0 Å². The average molecular weight is 516 g/mol. The zero-order chi connectivity index (χ0) is 24.1. The maximum Gasteiger partial charge on any atom is 0.272 e. The number of aromatic nitrogens is 3. The molecule has 6 nitrogen and oxygen atoms in total. The quantitative estimate of drug-likeness (QED) is 0.308. The van der Waals surface area contributed by atoms with Crippen LogP contribution in [-0.4, -0.2) is 20.7 Å². The molecule has 0 atom stereocenters. The number of hydrogen-bond donors (Lipinski definition) is 1. The van der Waals surface area contributed by atoms with Gasteiger partial charge in [-0.15, -0.1) is 0 Å². The van der Waals surface area contributed by atoms with E-state index in [1.54, 1.807) is 41.2 Å². The van der Waals surface area contributed by atoms with Crippen molar-refractivity contribution in [2.24, 2.45) is 0 Å². The van der Waals surface area contributed by atoms with Gasteiger partial charge < -0.3 is 10.1 Å². The Bertz CT molecular complexity index is 1310. The molecule has 2 heterocycles. The Kier molecular flexibility index (Phi) is 7.73. The van der Waals surface area contributed by atoms with Gasteiger partial charge in [0.25, 0.3) is 5.91 Å². The Labute approximate surface area is 212 Å². The van der Waals surface area contributed by atoms with Gasteiger partial charge in [-0.2, -0.15) is 5.10 Å². The number of ether oxygens (including phenoxy) is 1. The van der Waals surface area contributed by atoms with Gasteiger partial charge in [0.05, 0.1) is 18.8 Å². The van der Waals surface area contributed by atoms with Gasteiger partial charge in [-0.05, 0) is 55.5 Å². The van der Waals surface area contributed by atoms with Gasteiger partial charge in [0.1, 0.15) is 18.1 Å². The fraction of sp³-hybridized carbons (Fsp3) is 0.160. The standard InChI is InChI=1S/C25H21Cl3N4O2/c1-16-10-23(25(33)30-13-21-4-2-3-9-29-21)31-32(16)14-18-11-19(26)7-8-24(18)34-15-17-5-6-20(27)12-22(17)28/h2-12H,13-15H2,1H3,(H,30,33). The summed E-state index contributed by atoms with van der Waals surface area (Å²) in [6, 6.07) is 18.0. The van der Waals surface area contributed by atoms with Gasteiger partial charge in [0.15, 0.2) is 0 Å². The molecular weight excluding hydrogens is 495 g/mol. The molecule has 4 aromatic rings. The first-order chi connectivity index (χ1) is 16.4. The SMILES string of the molecule is Cc1cc(C(=O)NCc2ccccn2)nn1Cc1cc(Cl)ccc1OCc1ccc(Cl)cc1Cl. The summed E-state index contributed by atoms with van der Waals surface area (Å²) in [6.45, 7) is 2.86. The Morgan fingerprint density at radius 1 is 1.00 bits per heavy atom. The van der Waals surface area contributed by atoms with Crippen molar-refractivity contribution in [3.05, 3.63) is 110 Å². The second kappa shape index (κ2) is 10.9. The van der Waals surface area contributed by atoms with Crippen LogP contribution in [0.25, 0.3) is 0 Å². The molecule has 0 unspecified atom stereocenters. The van der Waals surface area contributed by atoms with E-state index in [0.29, 0.717) is 39.6 Å². The zero-order valence-corrected chi connectivity index (χ0v) is 20.5. The Hall–Kier alpha value is -3.06. The van der Waals surface area contributed by atoms with Crippen molar-refractivity contribution in [3.8, 4) is 5.75 Å². The maximum atomic E-state index is 12.6. The van der Waals surface area contributed by atoms with Crippen LogP contribution in [0, 0.1) is 6.92 Å². The van der Waals surface area contributed by atoms with E-state index in [-0.39, 0.29) is 12.5 Å². The predicted octanol–water partition coefficient (Wildman–Crippen LogP) is 6.10. The fourth-order valence-corrected chi connectivity index (χ4v) is 3.97. The summed E-state index contributed by atoms with van der Waals surface area (Å²) in [5.41, 5.74) is 3.56. The molecule has 0 spiro atoms. The number of rotatable bonds is 8. The molecule has 1 amide bonds. The van der Waals surface area contributed by atoms with Crippen LogP contribution in [0.15, 0.2) is 66.9 Å². The van der Waals surface area contributed by atoms with Crippen LogP contribution in [0.2, 0.25) is 15.1 Å². The molecule has 2 aromatic carbocycles. The van der Waals surface area contributed by atoms with Gasteiger partial charge in [-0.3, -0.25) is 14.5 Å². The number of hydrogen-bond acceptors (Lipinski definition) is 4. The number of pyridine rings is 1. The van der Waals surface area contributed by atoms with Crippen molar-refractivity contribution in [2.75, 3.05) is 0 Å². The summed E-state index contributed by atoms with van der Waals surface area (Å²) in [4.78, 5) is 16.8. The summed E-state index contributed by atoms with van der Waals surface area (Å²) < 4.78 is 7.78. The molecule has 0 saturated carbocycles. The fourth-order valence-electron chi connectivity index (χ4n) is 3.31. The summed E-state index contributed by atoms with van der Waals surface area (Å²) in [5.74, 6) is 0.374. The number of nitrogens with zero attached hydrogens (tertiary/aromatic N) is 3. The number of carbonyl (C=O) groups excluding carboxylic acids is 1. The first-order valence-electron chi connectivity index (χ1n) is 10.5. The minimum atomic E-state index is -0.271. The molecule has 1 N–H and O–H groups in total. The first-order valence-corrected chi connectivity index (χ1v) is 11.6. The highest BCUT2D eigenvalue weighted by atomic mass is 35.5. The van der Waals surface area contributed by atoms with Crippen molar-refractivity contribution >= 4 is 40.7 Å². The number of benzene rings is 2. The lowest BCUT2D eigenvalue weighted by Crippen LogP contribution is -2.24. The van der Waals surface area contributed by atoms with Gasteiger partial charge in [-0.1, -0.05) is 46.9 Å². The third kappa shape index (κ3) is 6.08. The van der Waals surface area contributed by atoms with Crippen LogP contribution in [0.4, 0.5) is 0 Å². The van der Waals surface area contributed by atoms with Crippen LogP contribution < -0.4 is 10.1 Å². The maximum absolute atomic E-state index is 12.6. The van der Waals surface area contributed by atoms with Crippen LogP contribution in [0.5, 0.6) is 5.75 Å².